The lowest BCUT2D eigenvalue weighted by molar-refractivity contribution is 0.0657. The number of nitrogens with one attached hydrogen (secondary N) is 1. The molecule has 1 unspecified atom stereocenters. The molecule has 2 fully saturated rings. The van der Waals surface area contributed by atoms with E-state index >= 15 is 0 Å². The van der Waals surface area contributed by atoms with Crippen molar-refractivity contribution < 1.29 is 9.21 Å². The fourth-order valence-electron chi connectivity index (χ4n) is 4.50. The van der Waals surface area contributed by atoms with Crippen LogP contribution in [0.2, 0.25) is 0 Å². The summed E-state index contributed by atoms with van der Waals surface area (Å²) in [6, 6.07) is 12.7. The molecule has 2 saturated heterocycles. The number of hydrogen-bond acceptors (Lipinski definition) is 4. The Morgan fingerprint density at radius 1 is 1.03 bits per heavy atom. The molecule has 1 aromatic carbocycles. The quantitative estimate of drug-likeness (QED) is 0.351. The highest BCUT2D eigenvalue weighted by molar-refractivity contribution is 14.0. The van der Waals surface area contributed by atoms with Crippen LogP contribution in [-0.2, 0) is 0 Å². The summed E-state index contributed by atoms with van der Waals surface area (Å²) in [7, 11) is 1.83. The number of furan rings is 1. The average molecular weight is 551 g/mol. The maximum Gasteiger partial charge on any atom is 0.289 e. The van der Waals surface area contributed by atoms with Gasteiger partial charge in [-0.2, -0.15) is 0 Å². The summed E-state index contributed by atoms with van der Waals surface area (Å²) in [4.78, 5) is 23.7. The van der Waals surface area contributed by atoms with E-state index in [9.17, 15) is 4.79 Å². The molecule has 0 radical (unpaired) electrons. The zero-order valence-electron chi connectivity index (χ0n) is 19.0. The lowest BCUT2D eigenvalue weighted by atomic mass is 10.0. The SMILES string of the molecule is CN=C(NCC(c1ccc(C)cc1)N1CCCC1)N1CCN(C(=O)c2ccco2)CC1.I. The summed E-state index contributed by atoms with van der Waals surface area (Å²) < 4.78 is 5.26. The van der Waals surface area contributed by atoms with Crippen LogP contribution in [0.15, 0.2) is 52.1 Å². The first kappa shape index (κ1) is 24.6. The third-order valence-corrected chi connectivity index (χ3v) is 6.31. The van der Waals surface area contributed by atoms with Crippen molar-refractivity contribution in [3.05, 3.63) is 59.5 Å². The Morgan fingerprint density at radius 3 is 2.28 bits per heavy atom. The number of carbonyl (C=O) groups excluding carboxylic acids is 1. The van der Waals surface area contributed by atoms with Gasteiger partial charge in [0.2, 0.25) is 0 Å². The van der Waals surface area contributed by atoms with Gasteiger partial charge in [-0.25, -0.2) is 0 Å². The largest absolute Gasteiger partial charge is 0.459 e. The van der Waals surface area contributed by atoms with E-state index in [2.05, 4.69) is 51.3 Å². The number of halogens is 1. The minimum atomic E-state index is -0.0407. The first-order chi connectivity index (χ1) is 15.2. The van der Waals surface area contributed by atoms with Crippen molar-refractivity contribution in [3.8, 4) is 0 Å². The molecule has 1 aromatic heterocycles. The Morgan fingerprint density at radius 2 is 1.69 bits per heavy atom. The van der Waals surface area contributed by atoms with E-state index in [4.69, 9.17) is 4.42 Å². The van der Waals surface area contributed by atoms with Gasteiger partial charge < -0.3 is 19.5 Å². The lowest BCUT2D eigenvalue weighted by Crippen LogP contribution is -2.54. The second kappa shape index (κ2) is 11.7. The highest BCUT2D eigenvalue weighted by Gasteiger charge is 2.27. The predicted molar refractivity (Wildman–Crippen MR) is 138 cm³/mol. The van der Waals surface area contributed by atoms with Crippen LogP contribution < -0.4 is 5.32 Å². The second-order valence-corrected chi connectivity index (χ2v) is 8.35. The standard InChI is InChI=1S/C24H33N5O2.HI/c1-19-7-9-20(10-8-19)21(27-11-3-4-12-27)18-26-24(25-2)29-15-13-28(14-16-29)23(30)22-6-5-17-31-22;/h5-10,17,21H,3-4,11-16,18H2,1-2H3,(H,25,26);1H. The maximum atomic E-state index is 12.5. The van der Waals surface area contributed by atoms with Crippen LogP contribution in [0.4, 0.5) is 0 Å². The number of aryl methyl sites for hydroxylation is 1. The number of piperazine rings is 1. The van der Waals surface area contributed by atoms with Crippen molar-refractivity contribution in [1.82, 2.24) is 20.0 Å². The first-order valence-corrected chi connectivity index (χ1v) is 11.2. The van der Waals surface area contributed by atoms with Gasteiger partial charge in [0.25, 0.3) is 5.91 Å². The molecule has 32 heavy (non-hydrogen) atoms. The summed E-state index contributed by atoms with van der Waals surface area (Å²) >= 11 is 0. The van der Waals surface area contributed by atoms with Gasteiger partial charge in [0.1, 0.15) is 0 Å². The summed E-state index contributed by atoms with van der Waals surface area (Å²) in [5, 5.41) is 3.61. The number of nitrogens with zero attached hydrogens (tertiary/aromatic N) is 4. The van der Waals surface area contributed by atoms with E-state index in [0.29, 0.717) is 24.9 Å². The first-order valence-electron chi connectivity index (χ1n) is 11.2. The molecule has 0 bridgehead atoms. The molecule has 1 amide bonds. The molecule has 8 heteroatoms. The van der Waals surface area contributed by atoms with Crippen molar-refractivity contribution in [2.24, 2.45) is 4.99 Å². The van der Waals surface area contributed by atoms with Gasteiger partial charge in [0.05, 0.1) is 12.3 Å². The normalized spacial score (nSPS) is 18.4. The van der Waals surface area contributed by atoms with Crippen LogP contribution in [0.25, 0.3) is 0 Å². The van der Waals surface area contributed by atoms with E-state index in [1.54, 1.807) is 18.4 Å². The molecule has 2 aliphatic rings. The van der Waals surface area contributed by atoms with Crippen molar-refractivity contribution in [3.63, 3.8) is 0 Å². The van der Waals surface area contributed by atoms with Crippen LogP contribution in [0.1, 0.15) is 40.6 Å². The van der Waals surface area contributed by atoms with Crippen molar-refractivity contribution in [2.45, 2.75) is 25.8 Å². The molecule has 1 atom stereocenters. The molecule has 3 heterocycles. The summed E-state index contributed by atoms with van der Waals surface area (Å²) in [6.45, 7) is 8.07. The zero-order chi connectivity index (χ0) is 21.6. The number of amides is 1. The molecule has 2 aliphatic heterocycles. The van der Waals surface area contributed by atoms with Gasteiger partial charge in [-0.1, -0.05) is 29.8 Å². The molecule has 1 N–H and O–H groups in total. The highest BCUT2D eigenvalue weighted by Crippen LogP contribution is 2.25. The minimum absolute atomic E-state index is 0. The number of rotatable bonds is 5. The van der Waals surface area contributed by atoms with Gasteiger partial charge in [-0.15, -0.1) is 24.0 Å². The number of benzene rings is 1. The molecule has 0 saturated carbocycles. The molecule has 7 nitrogen and oxygen atoms in total. The van der Waals surface area contributed by atoms with E-state index in [-0.39, 0.29) is 29.9 Å². The fraction of sp³-hybridized carbons (Fsp3) is 0.500. The van der Waals surface area contributed by atoms with Gasteiger partial charge in [-0.05, 0) is 50.6 Å². The number of carbonyl (C=O) groups is 1. The molecule has 0 spiro atoms. The zero-order valence-corrected chi connectivity index (χ0v) is 21.3. The molecule has 4 rings (SSSR count). The van der Waals surface area contributed by atoms with E-state index in [1.165, 1.54) is 24.0 Å². The van der Waals surface area contributed by atoms with E-state index < -0.39 is 0 Å². The third kappa shape index (κ3) is 5.83. The van der Waals surface area contributed by atoms with Crippen LogP contribution in [0, 0.1) is 6.92 Å². The van der Waals surface area contributed by atoms with Crippen LogP contribution in [0.3, 0.4) is 0 Å². The summed E-state index contributed by atoms with van der Waals surface area (Å²) in [6.07, 6.45) is 4.07. The van der Waals surface area contributed by atoms with E-state index in [1.807, 2.05) is 11.9 Å². The molecule has 0 aliphatic carbocycles. The fourth-order valence-corrected chi connectivity index (χ4v) is 4.50. The second-order valence-electron chi connectivity index (χ2n) is 8.35. The maximum absolute atomic E-state index is 12.5. The third-order valence-electron chi connectivity index (χ3n) is 6.31. The average Bonchev–Trinajstić information content (AvgIpc) is 3.52. The molecule has 2 aromatic rings. The Hall–Kier alpha value is -2.07. The van der Waals surface area contributed by atoms with Gasteiger partial charge in [0.15, 0.2) is 11.7 Å². The Labute approximate surface area is 207 Å². The topological polar surface area (TPSA) is 64.3 Å². The summed E-state index contributed by atoms with van der Waals surface area (Å²) in [5.41, 5.74) is 2.64. The van der Waals surface area contributed by atoms with Crippen molar-refractivity contribution in [1.29, 1.82) is 0 Å². The monoisotopic (exact) mass is 551 g/mol. The highest BCUT2D eigenvalue weighted by atomic mass is 127. The predicted octanol–water partition coefficient (Wildman–Crippen LogP) is 3.38. The van der Waals surface area contributed by atoms with Gasteiger partial charge in [0, 0.05) is 39.8 Å². The lowest BCUT2D eigenvalue weighted by Gasteiger charge is -2.37. The molecule has 174 valence electrons. The van der Waals surface area contributed by atoms with Crippen molar-refractivity contribution >= 4 is 35.8 Å². The van der Waals surface area contributed by atoms with Gasteiger partial charge >= 0.3 is 0 Å². The van der Waals surface area contributed by atoms with Crippen LogP contribution in [-0.4, -0.2) is 79.4 Å². The number of hydrogen-bond donors (Lipinski definition) is 1. The van der Waals surface area contributed by atoms with Crippen LogP contribution >= 0.6 is 24.0 Å². The molecular weight excluding hydrogens is 517 g/mol. The number of likely N-dealkylation sites (tertiary alicyclic amines) is 1. The Bertz CT molecular complexity index is 870. The van der Waals surface area contributed by atoms with Gasteiger partial charge in [-0.3, -0.25) is 14.7 Å². The molecular formula is C24H34IN5O2. The van der Waals surface area contributed by atoms with Crippen LogP contribution in [0.5, 0.6) is 0 Å². The number of aliphatic imine (C=N–C) groups is 1. The number of guanidine groups is 1. The summed E-state index contributed by atoms with van der Waals surface area (Å²) in [5.74, 6) is 1.27. The van der Waals surface area contributed by atoms with Crippen molar-refractivity contribution in [2.75, 3.05) is 52.9 Å². The smallest absolute Gasteiger partial charge is 0.289 e. The Kier molecular flexibility index (Phi) is 8.98. The Balaban J connectivity index is 0.00000289. The minimum Gasteiger partial charge on any atom is -0.459 e. The van der Waals surface area contributed by atoms with E-state index in [0.717, 1.165) is 38.7 Å².